The molecule has 1 N–H and O–H groups in total. The van der Waals surface area contributed by atoms with E-state index < -0.39 is 0 Å². The first-order valence-electron chi connectivity index (χ1n) is 7.32. The van der Waals surface area contributed by atoms with Gasteiger partial charge >= 0.3 is 6.03 Å². The molecule has 3 rings (SSSR count). The summed E-state index contributed by atoms with van der Waals surface area (Å²) in [6, 6.07) is 11.5. The molecule has 2 aromatic rings. The summed E-state index contributed by atoms with van der Waals surface area (Å²) in [4.78, 5) is 22.4. The minimum atomic E-state index is -0.0725. The van der Waals surface area contributed by atoms with Gasteiger partial charge in [-0.05, 0) is 37.1 Å². The van der Waals surface area contributed by atoms with Crippen molar-refractivity contribution in [2.75, 3.05) is 11.9 Å². The summed E-state index contributed by atoms with van der Waals surface area (Å²) in [7, 11) is 0. The molecule has 0 unspecified atom stereocenters. The van der Waals surface area contributed by atoms with E-state index in [1.54, 1.807) is 12.5 Å². The number of urea groups is 1. The highest BCUT2D eigenvalue weighted by molar-refractivity contribution is 5.90. The Morgan fingerprint density at radius 2 is 2.09 bits per heavy atom. The molecule has 1 aliphatic rings. The van der Waals surface area contributed by atoms with Gasteiger partial charge in [-0.1, -0.05) is 24.3 Å². The lowest BCUT2D eigenvalue weighted by atomic mass is 9.99. The Morgan fingerprint density at radius 3 is 2.77 bits per heavy atom. The predicted molar refractivity (Wildman–Crippen MR) is 86.3 cm³/mol. The summed E-state index contributed by atoms with van der Waals surface area (Å²) in [5, 5.41) is 2.93. The fourth-order valence-electron chi connectivity index (χ4n) is 2.59. The molecule has 0 aliphatic carbocycles. The maximum Gasteiger partial charge on any atom is 0.322 e. The van der Waals surface area contributed by atoms with Crippen LogP contribution in [0.2, 0.25) is 0 Å². The fourth-order valence-corrected chi connectivity index (χ4v) is 2.59. The molecule has 1 aromatic heterocycles. The molecule has 0 spiro atoms. The van der Waals surface area contributed by atoms with Crippen molar-refractivity contribution in [1.29, 1.82) is 0 Å². The first-order valence-corrected chi connectivity index (χ1v) is 7.32. The lowest BCUT2D eigenvalue weighted by Crippen LogP contribution is -2.43. The Balaban J connectivity index is 1.69. The molecule has 2 heterocycles. The second-order valence-corrected chi connectivity index (χ2v) is 5.33. The van der Waals surface area contributed by atoms with Gasteiger partial charge in [-0.3, -0.25) is 0 Å². The van der Waals surface area contributed by atoms with Crippen LogP contribution in [0.25, 0.3) is 5.57 Å². The van der Waals surface area contributed by atoms with Gasteiger partial charge in [0.2, 0.25) is 0 Å². The van der Waals surface area contributed by atoms with Gasteiger partial charge in [0.05, 0.1) is 5.69 Å². The van der Waals surface area contributed by atoms with Crippen LogP contribution in [0.3, 0.4) is 0 Å². The zero-order chi connectivity index (χ0) is 15.4. The number of para-hydroxylation sites is 1. The summed E-state index contributed by atoms with van der Waals surface area (Å²) in [5.74, 6) is 0. The van der Waals surface area contributed by atoms with Crippen molar-refractivity contribution in [2.45, 2.75) is 19.4 Å². The van der Waals surface area contributed by atoms with Crippen molar-refractivity contribution in [1.82, 2.24) is 14.9 Å². The zero-order valence-electron chi connectivity index (χ0n) is 12.4. The van der Waals surface area contributed by atoms with Gasteiger partial charge in [-0.2, -0.15) is 0 Å². The van der Waals surface area contributed by atoms with Crippen molar-refractivity contribution in [3.63, 3.8) is 0 Å². The first kappa shape index (κ1) is 14.3. The lowest BCUT2D eigenvalue weighted by Gasteiger charge is -2.32. The van der Waals surface area contributed by atoms with E-state index in [4.69, 9.17) is 0 Å². The van der Waals surface area contributed by atoms with E-state index in [0.29, 0.717) is 6.54 Å². The molecule has 112 valence electrons. The summed E-state index contributed by atoms with van der Waals surface area (Å²) < 4.78 is 0. The van der Waals surface area contributed by atoms with Crippen LogP contribution in [0.5, 0.6) is 0 Å². The number of carbonyl (C=O) groups is 1. The second kappa shape index (κ2) is 6.39. The highest BCUT2D eigenvalue weighted by Crippen LogP contribution is 2.25. The number of benzene rings is 1. The molecular formula is C17H18N4O. The zero-order valence-corrected chi connectivity index (χ0v) is 12.4. The number of carbonyl (C=O) groups excluding carboxylic acids is 1. The number of hydrogen-bond acceptors (Lipinski definition) is 3. The molecular weight excluding hydrogens is 276 g/mol. The minimum Gasteiger partial charge on any atom is -0.318 e. The van der Waals surface area contributed by atoms with Gasteiger partial charge in [-0.25, -0.2) is 14.8 Å². The number of anilines is 1. The number of nitrogens with zero attached hydrogens (tertiary/aromatic N) is 3. The summed E-state index contributed by atoms with van der Waals surface area (Å²) in [6.45, 7) is 2.64. The van der Waals surface area contributed by atoms with Crippen LogP contribution >= 0.6 is 0 Å². The van der Waals surface area contributed by atoms with Crippen molar-refractivity contribution in [3.05, 3.63) is 60.7 Å². The fraction of sp³-hybridized carbons (Fsp3) is 0.235. The Hall–Kier alpha value is -2.69. The molecule has 2 amide bonds. The second-order valence-electron chi connectivity index (χ2n) is 5.33. The lowest BCUT2D eigenvalue weighted by molar-refractivity contribution is 0.198. The van der Waals surface area contributed by atoms with Crippen LogP contribution in [0.15, 0.2) is 55.0 Å². The van der Waals surface area contributed by atoms with Crippen LogP contribution < -0.4 is 5.32 Å². The first-order chi connectivity index (χ1) is 10.7. The Morgan fingerprint density at radius 1 is 1.27 bits per heavy atom. The molecule has 0 radical (unpaired) electrons. The van der Waals surface area contributed by atoms with Gasteiger partial charge in [0.1, 0.15) is 6.33 Å². The van der Waals surface area contributed by atoms with Gasteiger partial charge in [0.15, 0.2) is 0 Å². The van der Waals surface area contributed by atoms with E-state index in [-0.39, 0.29) is 12.1 Å². The standard InChI is InChI=1S/C17H18N4O/c1-13-11-14(16-7-9-18-12-19-16)8-10-21(13)17(22)20-15-5-3-2-4-6-15/h2-9,12-13H,10-11H2,1H3,(H,20,22)/t13-/m0/s1. The molecule has 5 heteroatoms. The van der Waals surface area contributed by atoms with Crippen LogP contribution in [-0.4, -0.2) is 33.5 Å². The van der Waals surface area contributed by atoms with E-state index in [0.717, 1.165) is 17.8 Å². The molecule has 1 aromatic carbocycles. The monoisotopic (exact) mass is 294 g/mol. The van der Waals surface area contributed by atoms with Crippen molar-refractivity contribution in [2.24, 2.45) is 0 Å². The van der Waals surface area contributed by atoms with Crippen molar-refractivity contribution in [3.8, 4) is 0 Å². The Labute approximate surface area is 129 Å². The van der Waals surface area contributed by atoms with Crippen molar-refractivity contribution < 1.29 is 4.79 Å². The van der Waals surface area contributed by atoms with Crippen LogP contribution in [0.1, 0.15) is 19.0 Å². The van der Waals surface area contributed by atoms with Crippen LogP contribution in [0.4, 0.5) is 10.5 Å². The van der Waals surface area contributed by atoms with E-state index >= 15 is 0 Å². The minimum absolute atomic E-state index is 0.0725. The van der Waals surface area contributed by atoms with Gasteiger partial charge in [0.25, 0.3) is 0 Å². The molecule has 0 saturated carbocycles. The predicted octanol–water partition coefficient (Wildman–Crippen LogP) is 3.19. The molecule has 0 saturated heterocycles. The number of hydrogen-bond donors (Lipinski definition) is 1. The molecule has 22 heavy (non-hydrogen) atoms. The smallest absolute Gasteiger partial charge is 0.318 e. The number of amides is 2. The third-order valence-corrected chi connectivity index (χ3v) is 3.78. The largest absolute Gasteiger partial charge is 0.322 e. The van der Waals surface area contributed by atoms with E-state index in [2.05, 4.69) is 28.3 Å². The van der Waals surface area contributed by atoms with Gasteiger partial charge < -0.3 is 10.2 Å². The maximum atomic E-state index is 12.4. The molecule has 1 aliphatic heterocycles. The third-order valence-electron chi connectivity index (χ3n) is 3.78. The number of nitrogens with one attached hydrogen (secondary N) is 1. The van der Waals surface area contributed by atoms with Crippen LogP contribution in [0, 0.1) is 0 Å². The van der Waals surface area contributed by atoms with Gasteiger partial charge in [0, 0.05) is 24.5 Å². The molecule has 0 bridgehead atoms. The number of aromatic nitrogens is 2. The summed E-state index contributed by atoms with van der Waals surface area (Å²) in [5.41, 5.74) is 2.91. The van der Waals surface area contributed by atoms with E-state index in [9.17, 15) is 4.79 Å². The molecule has 5 nitrogen and oxygen atoms in total. The van der Waals surface area contributed by atoms with Crippen LogP contribution in [-0.2, 0) is 0 Å². The SMILES string of the molecule is C[C@H]1CC(c2ccncn2)=CCN1C(=O)Nc1ccccc1. The maximum absolute atomic E-state index is 12.4. The Bertz CT molecular complexity index is 670. The Kier molecular flexibility index (Phi) is 4.14. The third kappa shape index (κ3) is 3.14. The highest BCUT2D eigenvalue weighted by Gasteiger charge is 2.24. The topological polar surface area (TPSA) is 58.1 Å². The molecule has 1 atom stereocenters. The highest BCUT2D eigenvalue weighted by atomic mass is 16.2. The number of rotatable bonds is 2. The summed E-state index contributed by atoms with van der Waals surface area (Å²) in [6.07, 6.45) is 6.14. The van der Waals surface area contributed by atoms with Crippen molar-refractivity contribution >= 4 is 17.3 Å². The molecule has 0 fully saturated rings. The van der Waals surface area contributed by atoms with Gasteiger partial charge in [-0.15, -0.1) is 0 Å². The quantitative estimate of drug-likeness (QED) is 0.925. The normalized spacial score (nSPS) is 17.8. The average molecular weight is 294 g/mol. The van der Waals surface area contributed by atoms with E-state index in [1.807, 2.05) is 41.3 Å². The summed E-state index contributed by atoms with van der Waals surface area (Å²) >= 11 is 0. The van der Waals surface area contributed by atoms with E-state index in [1.165, 1.54) is 5.57 Å². The average Bonchev–Trinajstić information content (AvgIpc) is 2.56.